The van der Waals surface area contributed by atoms with E-state index in [1.165, 1.54) is 0 Å². The van der Waals surface area contributed by atoms with Gasteiger partial charge in [-0.15, -0.1) is 24.8 Å². The van der Waals surface area contributed by atoms with Gasteiger partial charge in [-0.25, -0.2) is 0 Å². The zero-order valence-corrected chi connectivity index (χ0v) is 13.0. The van der Waals surface area contributed by atoms with Gasteiger partial charge in [-0.3, -0.25) is 4.79 Å². The molecule has 0 atom stereocenters. The highest BCUT2D eigenvalue weighted by Crippen LogP contribution is 2.37. The molecule has 1 saturated carbocycles. The Balaban J connectivity index is 0. The predicted molar refractivity (Wildman–Crippen MR) is 80.6 cm³/mol. The highest BCUT2D eigenvalue weighted by molar-refractivity contribution is 5.85. The average molecular weight is 300 g/mol. The van der Waals surface area contributed by atoms with Crippen LogP contribution in [0.1, 0.15) is 32.6 Å². The first-order chi connectivity index (χ1) is 7.64. The van der Waals surface area contributed by atoms with Crippen molar-refractivity contribution in [2.75, 3.05) is 33.2 Å². The van der Waals surface area contributed by atoms with E-state index in [0.29, 0.717) is 6.54 Å². The second-order valence-corrected chi connectivity index (χ2v) is 4.84. The van der Waals surface area contributed by atoms with Gasteiger partial charge in [-0.1, -0.05) is 19.8 Å². The summed E-state index contributed by atoms with van der Waals surface area (Å²) in [7, 11) is 2.06. The Kier molecular flexibility index (Phi) is 11.1. The monoisotopic (exact) mass is 299 g/mol. The molecule has 0 spiro atoms. The second kappa shape index (κ2) is 9.84. The van der Waals surface area contributed by atoms with Crippen molar-refractivity contribution in [2.45, 2.75) is 32.6 Å². The lowest BCUT2D eigenvalue weighted by Gasteiger charge is -2.26. The molecule has 4 nitrogen and oxygen atoms in total. The third-order valence-corrected chi connectivity index (χ3v) is 3.75. The smallest absolute Gasteiger partial charge is 0.227 e. The van der Waals surface area contributed by atoms with Gasteiger partial charge in [-0.2, -0.15) is 0 Å². The molecule has 1 aliphatic rings. The van der Waals surface area contributed by atoms with E-state index in [9.17, 15) is 4.79 Å². The van der Waals surface area contributed by atoms with Crippen LogP contribution < -0.4 is 11.1 Å². The summed E-state index contributed by atoms with van der Waals surface area (Å²) in [6.07, 6.45) is 4.19. The predicted octanol–water partition coefficient (Wildman–Crippen LogP) is 1.42. The Morgan fingerprint density at radius 3 is 2.33 bits per heavy atom. The number of carbonyl (C=O) groups is 1. The summed E-state index contributed by atoms with van der Waals surface area (Å²) >= 11 is 0. The van der Waals surface area contributed by atoms with Crippen LogP contribution in [0.15, 0.2) is 0 Å². The summed E-state index contributed by atoms with van der Waals surface area (Å²) < 4.78 is 0. The van der Waals surface area contributed by atoms with E-state index in [1.807, 2.05) is 0 Å². The fraction of sp³-hybridized carbons (Fsp3) is 0.917. The zero-order valence-electron chi connectivity index (χ0n) is 11.4. The molecule has 18 heavy (non-hydrogen) atoms. The molecule has 0 aromatic carbocycles. The Labute approximate surface area is 123 Å². The number of carbonyl (C=O) groups excluding carboxylic acids is 1. The van der Waals surface area contributed by atoms with Crippen LogP contribution in [0.3, 0.4) is 0 Å². The Morgan fingerprint density at radius 2 is 1.89 bits per heavy atom. The maximum atomic E-state index is 12.1. The van der Waals surface area contributed by atoms with Gasteiger partial charge in [0.25, 0.3) is 0 Å². The van der Waals surface area contributed by atoms with Crippen molar-refractivity contribution in [2.24, 2.45) is 11.1 Å². The molecule has 0 aromatic rings. The molecule has 110 valence electrons. The van der Waals surface area contributed by atoms with Crippen molar-refractivity contribution in [3.05, 3.63) is 0 Å². The summed E-state index contributed by atoms with van der Waals surface area (Å²) in [5, 5.41) is 3.02. The quantitative estimate of drug-likeness (QED) is 0.780. The van der Waals surface area contributed by atoms with Crippen molar-refractivity contribution in [3.8, 4) is 0 Å². The van der Waals surface area contributed by atoms with Crippen molar-refractivity contribution in [1.29, 1.82) is 0 Å². The highest BCUT2D eigenvalue weighted by atomic mass is 35.5. The number of amides is 1. The van der Waals surface area contributed by atoms with Crippen LogP contribution in [0.4, 0.5) is 0 Å². The summed E-state index contributed by atoms with van der Waals surface area (Å²) in [5.74, 6) is 0.164. The SMILES string of the molecule is CCN(C)CCNC(=O)C1(CN)CCCC1.Cl.Cl. The average Bonchev–Trinajstić information content (AvgIpc) is 2.78. The van der Waals surface area contributed by atoms with Crippen LogP contribution in [0.5, 0.6) is 0 Å². The van der Waals surface area contributed by atoms with Gasteiger partial charge in [0.1, 0.15) is 0 Å². The number of rotatable bonds is 6. The molecule has 0 heterocycles. The number of halogens is 2. The minimum atomic E-state index is -0.259. The summed E-state index contributed by atoms with van der Waals surface area (Å²) in [6, 6.07) is 0. The van der Waals surface area contributed by atoms with Crippen LogP contribution in [0.2, 0.25) is 0 Å². The van der Waals surface area contributed by atoms with Crippen molar-refractivity contribution >= 4 is 30.7 Å². The van der Waals surface area contributed by atoms with Crippen LogP contribution >= 0.6 is 24.8 Å². The normalized spacial score (nSPS) is 16.9. The third-order valence-electron chi connectivity index (χ3n) is 3.75. The van der Waals surface area contributed by atoms with E-state index in [2.05, 4.69) is 24.2 Å². The summed E-state index contributed by atoms with van der Waals surface area (Å²) in [4.78, 5) is 14.2. The number of nitrogens with zero attached hydrogens (tertiary/aromatic N) is 1. The van der Waals surface area contributed by atoms with E-state index in [-0.39, 0.29) is 36.1 Å². The largest absolute Gasteiger partial charge is 0.354 e. The number of nitrogens with two attached hydrogens (primary N) is 1. The molecule has 0 bridgehead atoms. The molecule has 1 amide bonds. The highest BCUT2D eigenvalue weighted by Gasteiger charge is 2.39. The van der Waals surface area contributed by atoms with Crippen LogP contribution in [-0.4, -0.2) is 44.0 Å². The summed E-state index contributed by atoms with van der Waals surface area (Å²) in [6.45, 7) is 5.24. The topological polar surface area (TPSA) is 58.4 Å². The first-order valence-electron chi connectivity index (χ1n) is 6.31. The molecular weight excluding hydrogens is 273 g/mol. The molecule has 0 unspecified atom stereocenters. The van der Waals surface area contributed by atoms with E-state index in [0.717, 1.165) is 45.3 Å². The van der Waals surface area contributed by atoms with Crippen LogP contribution in [0, 0.1) is 5.41 Å². The fourth-order valence-corrected chi connectivity index (χ4v) is 2.28. The van der Waals surface area contributed by atoms with Gasteiger partial charge in [0.2, 0.25) is 5.91 Å². The van der Waals surface area contributed by atoms with Gasteiger partial charge in [0.15, 0.2) is 0 Å². The van der Waals surface area contributed by atoms with E-state index in [1.54, 1.807) is 0 Å². The minimum absolute atomic E-state index is 0. The van der Waals surface area contributed by atoms with Crippen molar-refractivity contribution < 1.29 is 4.79 Å². The molecule has 0 aliphatic heterocycles. The van der Waals surface area contributed by atoms with E-state index in [4.69, 9.17) is 5.73 Å². The van der Waals surface area contributed by atoms with Gasteiger partial charge >= 0.3 is 0 Å². The van der Waals surface area contributed by atoms with Gasteiger partial charge in [0, 0.05) is 19.6 Å². The molecule has 0 aromatic heterocycles. The molecule has 0 saturated heterocycles. The van der Waals surface area contributed by atoms with Crippen LogP contribution in [-0.2, 0) is 4.79 Å². The number of likely N-dealkylation sites (N-methyl/N-ethyl adjacent to an activating group) is 1. The summed E-state index contributed by atoms with van der Waals surface area (Å²) in [5.41, 5.74) is 5.50. The number of nitrogens with one attached hydrogen (secondary N) is 1. The first kappa shape index (κ1) is 20.3. The maximum absolute atomic E-state index is 12.1. The van der Waals surface area contributed by atoms with Crippen LogP contribution in [0.25, 0.3) is 0 Å². The van der Waals surface area contributed by atoms with Crippen molar-refractivity contribution in [3.63, 3.8) is 0 Å². The molecule has 0 radical (unpaired) electrons. The van der Waals surface area contributed by atoms with Gasteiger partial charge in [0.05, 0.1) is 5.41 Å². The van der Waals surface area contributed by atoms with E-state index < -0.39 is 0 Å². The molecular formula is C12H27Cl2N3O. The molecule has 3 N–H and O–H groups in total. The van der Waals surface area contributed by atoms with Crippen molar-refractivity contribution in [1.82, 2.24) is 10.2 Å². The lowest BCUT2D eigenvalue weighted by atomic mass is 9.85. The van der Waals surface area contributed by atoms with Gasteiger partial charge < -0.3 is 16.0 Å². The molecule has 1 fully saturated rings. The standard InChI is InChI=1S/C12H25N3O.2ClH/c1-3-15(2)9-8-14-11(16)12(10-13)6-4-5-7-12;;/h3-10,13H2,1-2H3,(H,14,16);2*1H. The molecule has 1 rings (SSSR count). The first-order valence-corrected chi connectivity index (χ1v) is 6.31. The number of hydrogen-bond acceptors (Lipinski definition) is 3. The van der Waals surface area contributed by atoms with E-state index >= 15 is 0 Å². The zero-order chi connectivity index (χ0) is 12.0. The lowest BCUT2D eigenvalue weighted by molar-refractivity contribution is -0.130. The third kappa shape index (κ3) is 5.31. The second-order valence-electron chi connectivity index (χ2n) is 4.84. The molecule has 1 aliphatic carbocycles. The Bertz CT molecular complexity index is 233. The minimum Gasteiger partial charge on any atom is -0.354 e. The maximum Gasteiger partial charge on any atom is 0.227 e. The Hall–Kier alpha value is -0.0300. The Morgan fingerprint density at radius 1 is 1.33 bits per heavy atom. The lowest BCUT2D eigenvalue weighted by Crippen LogP contribution is -2.46. The molecule has 6 heteroatoms. The number of hydrogen-bond donors (Lipinski definition) is 2. The fourth-order valence-electron chi connectivity index (χ4n) is 2.28. The van der Waals surface area contributed by atoms with Gasteiger partial charge in [-0.05, 0) is 26.4 Å².